The first-order valence-corrected chi connectivity index (χ1v) is 9.45. The highest BCUT2D eigenvalue weighted by Gasteiger charge is 2.09. The SMILES string of the molecule is Cc1cccc(F)c1CNc1ccnc(Nc2cnn(CC(=O)NC(C)CO)c2)n1. The quantitative estimate of drug-likeness (QED) is 0.424. The van der Waals surface area contributed by atoms with Crippen LogP contribution in [0.25, 0.3) is 0 Å². The second kappa shape index (κ2) is 9.79. The van der Waals surface area contributed by atoms with Gasteiger partial charge in [-0.3, -0.25) is 9.48 Å². The first-order valence-electron chi connectivity index (χ1n) is 9.45. The van der Waals surface area contributed by atoms with Gasteiger partial charge in [0.05, 0.1) is 18.5 Å². The third kappa shape index (κ3) is 5.74. The molecule has 1 aromatic carbocycles. The molecule has 2 aromatic heterocycles. The third-order valence-corrected chi connectivity index (χ3v) is 4.33. The summed E-state index contributed by atoms with van der Waals surface area (Å²) in [5.41, 5.74) is 2.06. The fourth-order valence-corrected chi connectivity index (χ4v) is 2.74. The van der Waals surface area contributed by atoms with E-state index < -0.39 is 0 Å². The maximum Gasteiger partial charge on any atom is 0.242 e. The van der Waals surface area contributed by atoms with E-state index in [2.05, 4.69) is 31.0 Å². The van der Waals surface area contributed by atoms with Gasteiger partial charge in [-0.05, 0) is 31.5 Å². The van der Waals surface area contributed by atoms with Crippen LogP contribution in [-0.4, -0.2) is 43.4 Å². The molecule has 10 heteroatoms. The van der Waals surface area contributed by atoms with Gasteiger partial charge in [-0.1, -0.05) is 12.1 Å². The molecule has 30 heavy (non-hydrogen) atoms. The number of hydrogen-bond donors (Lipinski definition) is 4. The molecule has 0 saturated carbocycles. The molecule has 0 aliphatic carbocycles. The van der Waals surface area contributed by atoms with E-state index in [4.69, 9.17) is 5.11 Å². The van der Waals surface area contributed by atoms with Crippen molar-refractivity contribution in [2.24, 2.45) is 0 Å². The zero-order valence-electron chi connectivity index (χ0n) is 16.8. The van der Waals surface area contributed by atoms with Gasteiger partial charge in [0.25, 0.3) is 0 Å². The minimum atomic E-state index is -0.317. The van der Waals surface area contributed by atoms with Crippen LogP contribution < -0.4 is 16.0 Å². The summed E-state index contributed by atoms with van der Waals surface area (Å²) in [6.45, 7) is 3.76. The molecular formula is C20H24FN7O2. The van der Waals surface area contributed by atoms with Gasteiger partial charge < -0.3 is 21.1 Å². The first-order chi connectivity index (χ1) is 14.4. The summed E-state index contributed by atoms with van der Waals surface area (Å²) in [6, 6.07) is 6.34. The van der Waals surface area contributed by atoms with Gasteiger partial charge in [-0.2, -0.15) is 10.1 Å². The third-order valence-electron chi connectivity index (χ3n) is 4.33. The van der Waals surface area contributed by atoms with Crippen molar-refractivity contribution in [2.75, 3.05) is 17.2 Å². The fourth-order valence-electron chi connectivity index (χ4n) is 2.74. The number of nitrogens with one attached hydrogen (secondary N) is 3. The smallest absolute Gasteiger partial charge is 0.242 e. The molecule has 1 atom stereocenters. The number of aromatic nitrogens is 4. The molecule has 1 unspecified atom stereocenters. The largest absolute Gasteiger partial charge is 0.394 e. The Bertz CT molecular complexity index is 988. The van der Waals surface area contributed by atoms with Crippen LogP contribution in [0, 0.1) is 12.7 Å². The topological polar surface area (TPSA) is 117 Å². The van der Waals surface area contributed by atoms with Crippen LogP contribution in [0.2, 0.25) is 0 Å². The molecule has 2 heterocycles. The van der Waals surface area contributed by atoms with E-state index in [9.17, 15) is 9.18 Å². The maximum absolute atomic E-state index is 14.0. The number of benzene rings is 1. The second-order valence-electron chi connectivity index (χ2n) is 6.86. The van der Waals surface area contributed by atoms with Crippen molar-refractivity contribution < 1.29 is 14.3 Å². The van der Waals surface area contributed by atoms with E-state index in [1.54, 1.807) is 37.6 Å². The molecule has 0 aliphatic heterocycles. The molecule has 1 amide bonds. The maximum atomic E-state index is 14.0. The highest BCUT2D eigenvalue weighted by atomic mass is 19.1. The van der Waals surface area contributed by atoms with Crippen LogP contribution in [0.4, 0.5) is 21.8 Å². The fraction of sp³-hybridized carbons (Fsp3) is 0.300. The lowest BCUT2D eigenvalue weighted by Gasteiger charge is -2.10. The van der Waals surface area contributed by atoms with Gasteiger partial charge in [0.15, 0.2) is 0 Å². The molecule has 0 bridgehead atoms. The van der Waals surface area contributed by atoms with Gasteiger partial charge in [0, 0.05) is 30.5 Å². The number of carbonyl (C=O) groups is 1. The molecule has 0 saturated heterocycles. The van der Waals surface area contributed by atoms with E-state index in [0.29, 0.717) is 29.6 Å². The first kappa shape index (κ1) is 21.2. The predicted molar refractivity (Wildman–Crippen MR) is 111 cm³/mol. The normalized spacial score (nSPS) is 11.7. The Hall–Kier alpha value is -3.53. The average Bonchev–Trinajstić information content (AvgIpc) is 3.14. The highest BCUT2D eigenvalue weighted by Crippen LogP contribution is 2.16. The van der Waals surface area contributed by atoms with Crippen molar-refractivity contribution in [3.05, 3.63) is 59.8 Å². The van der Waals surface area contributed by atoms with Crippen LogP contribution in [0.3, 0.4) is 0 Å². The Labute approximate surface area is 173 Å². The van der Waals surface area contributed by atoms with E-state index in [0.717, 1.165) is 5.56 Å². The number of hydrogen-bond acceptors (Lipinski definition) is 7. The van der Waals surface area contributed by atoms with Crippen LogP contribution in [-0.2, 0) is 17.9 Å². The number of aryl methyl sites for hydroxylation is 1. The van der Waals surface area contributed by atoms with Gasteiger partial charge in [0.1, 0.15) is 18.2 Å². The summed E-state index contributed by atoms with van der Waals surface area (Å²) in [6.07, 6.45) is 4.78. The Kier molecular flexibility index (Phi) is 6.91. The minimum absolute atomic E-state index is 0.0243. The molecule has 158 valence electrons. The molecule has 0 radical (unpaired) electrons. The van der Waals surface area contributed by atoms with Crippen molar-refractivity contribution in [2.45, 2.75) is 33.0 Å². The lowest BCUT2D eigenvalue weighted by Crippen LogP contribution is -2.37. The summed E-state index contributed by atoms with van der Waals surface area (Å²) in [7, 11) is 0. The summed E-state index contributed by atoms with van der Waals surface area (Å²) < 4.78 is 15.4. The molecule has 3 aromatic rings. The number of amides is 1. The second-order valence-corrected chi connectivity index (χ2v) is 6.86. The number of aliphatic hydroxyl groups is 1. The molecule has 0 fully saturated rings. The summed E-state index contributed by atoms with van der Waals surface area (Å²) in [5, 5.41) is 21.9. The summed E-state index contributed by atoms with van der Waals surface area (Å²) in [4.78, 5) is 20.4. The summed E-state index contributed by atoms with van der Waals surface area (Å²) >= 11 is 0. The molecule has 3 rings (SSSR count). The number of nitrogens with zero attached hydrogens (tertiary/aromatic N) is 4. The van der Waals surface area contributed by atoms with Crippen LogP contribution in [0.1, 0.15) is 18.1 Å². The number of anilines is 3. The molecule has 4 N–H and O–H groups in total. The zero-order valence-corrected chi connectivity index (χ0v) is 16.8. The van der Waals surface area contributed by atoms with Gasteiger partial charge in [-0.15, -0.1) is 0 Å². The van der Waals surface area contributed by atoms with Crippen molar-refractivity contribution >= 4 is 23.4 Å². The zero-order chi connectivity index (χ0) is 21.5. The van der Waals surface area contributed by atoms with E-state index in [-0.39, 0.29) is 30.9 Å². The lowest BCUT2D eigenvalue weighted by molar-refractivity contribution is -0.122. The number of rotatable bonds is 9. The number of aliphatic hydroxyl groups excluding tert-OH is 1. The Morgan fingerprint density at radius 3 is 2.93 bits per heavy atom. The number of halogens is 1. The Morgan fingerprint density at radius 2 is 2.17 bits per heavy atom. The molecule has 9 nitrogen and oxygen atoms in total. The predicted octanol–water partition coefficient (Wildman–Crippen LogP) is 1.97. The van der Waals surface area contributed by atoms with Crippen molar-refractivity contribution in [3.63, 3.8) is 0 Å². The Balaban J connectivity index is 1.59. The van der Waals surface area contributed by atoms with Gasteiger partial charge in [-0.25, -0.2) is 9.37 Å². The Morgan fingerprint density at radius 1 is 1.33 bits per heavy atom. The van der Waals surface area contributed by atoms with Crippen LogP contribution in [0.5, 0.6) is 0 Å². The molecule has 0 spiro atoms. The van der Waals surface area contributed by atoms with Crippen molar-refractivity contribution in [1.82, 2.24) is 25.1 Å². The standard InChI is InChI=1S/C20H24FN7O2/c1-13-4-3-5-17(21)16(13)9-23-18-6-7-22-20(27-18)26-15-8-24-28(10-15)11-19(30)25-14(2)12-29/h3-8,10,14,29H,9,11-12H2,1-2H3,(H,25,30)(H2,22,23,26,27). The molecule has 0 aliphatic rings. The van der Waals surface area contributed by atoms with Crippen molar-refractivity contribution in [3.8, 4) is 0 Å². The van der Waals surface area contributed by atoms with E-state index >= 15 is 0 Å². The van der Waals surface area contributed by atoms with Gasteiger partial charge >= 0.3 is 0 Å². The van der Waals surface area contributed by atoms with Crippen LogP contribution in [0.15, 0.2) is 42.9 Å². The average molecular weight is 413 g/mol. The van der Waals surface area contributed by atoms with E-state index in [1.165, 1.54) is 10.7 Å². The van der Waals surface area contributed by atoms with Crippen molar-refractivity contribution in [1.29, 1.82) is 0 Å². The number of carbonyl (C=O) groups excluding carboxylic acids is 1. The lowest BCUT2D eigenvalue weighted by atomic mass is 10.1. The highest BCUT2D eigenvalue weighted by molar-refractivity contribution is 5.76. The van der Waals surface area contributed by atoms with Gasteiger partial charge in [0.2, 0.25) is 11.9 Å². The summed E-state index contributed by atoms with van der Waals surface area (Å²) in [5.74, 6) is 0.361. The van der Waals surface area contributed by atoms with Crippen LogP contribution >= 0.6 is 0 Å². The van der Waals surface area contributed by atoms with E-state index in [1.807, 2.05) is 13.0 Å². The molecular weight excluding hydrogens is 389 g/mol. The minimum Gasteiger partial charge on any atom is -0.394 e. The monoisotopic (exact) mass is 413 g/mol.